The average molecular weight is 389 g/mol. The second-order valence-corrected chi connectivity index (χ2v) is 7.75. The van der Waals surface area contributed by atoms with Gasteiger partial charge in [0.1, 0.15) is 0 Å². The lowest BCUT2D eigenvalue weighted by atomic mass is 9.50. The summed E-state index contributed by atoms with van der Waals surface area (Å²) in [4.78, 5) is 0. The van der Waals surface area contributed by atoms with Crippen molar-refractivity contribution < 1.29 is 0 Å². The van der Waals surface area contributed by atoms with Crippen LogP contribution in [0.15, 0.2) is 78.9 Å². The van der Waals surface area contributed by atoms with E-state index in [1.54, 1.807) is 0 Å². The largest absolute Gasteiger partial charge is 0.399 e. The van der Waals surface area contributed by atoms with Crippen molar-refractivity contribution in [1.29, 1.82) is 0 Å². The lowest BCUT2D eigenvalue weighted by Gasteiger charge is -2.54. The number of rotatable bonds is 7. The maximum absolute atomic E-state index is 6.58. The first-order valence-electron chi connectivity index (χ1n) is 10.2. The Hall–Kier alpha value is -2.82. The molecule has 0 amide bonds. The fourth-order valence-corrected chi connectivity index (χ4v) is 5.02. The van der Waals surface area contributed by atoms with Crippen LogP contribution in [0.1, 0.15) is 43.4 Å². The van der Waals surface area contributed by atoms with Gasteiger partial charge in [-0.2, -0.15) is 0 Å². The van der Waals surface area contributed by atoms with E-state index >= 15 is 0 Å². The van der Waals surface area contributed by atoms with Crippen LogP contribution in [0.25, 0.3) is 0 Å². The van der Waals surface area contributed by atoms with Gasteiger partial charge in [-0.3, -0.25) is 0 Å². The number of hydrogen-bond donors (Lipinski definition) is 4. The smallest absolute Gasteiger partial charge is 0.0594 e. The van der Waals surface area contributed by atoms with Crippen molar-refractivity contribution in [3.8, 4) is 0 Å². The van der Waals surface area contributed by atoms with E-state index in [0.717, 1.165) is 40.9 Å². The van der Waals surface area contributed by atoms with Crippen molar-refractivity contribution in [3.63, 3.8) is 0 Å². The lowest BCUT2D eigenvalue weighted by molar-refractivity contribution is 0.122. The monoisotopic (exact) mass is 388 g/mol. The molecule has 0 fully saturated rings. The van der Waals surface area contributed by atoms with E-state index in [4.69, 9.17) is 22.9 Å². The van der Waals surface area contributed by atoms with E-state index in [1.165, 1.54) is 0 Å². The summed E-state index contributed by atoms with van der Waals surface area (Å²) in [6.45, 7) is 4.34. The van der Waals surface area contributed by atoms with E-state index < -0.39 is 17.0 Å². The maximum Gasteiger partial charge on any atom is 0.0594 e. The molecule has 29 heavy (non-hydrogen) atoms. The van der Waals surface area contributed by atoms with Gasteiger partial charge in [0.25, 0.3) is 0 Å². The Morgan fingerprint density at radius 1 is 0.621 bits per heavy atom. The molecule has 0 aromatic heterocycles. The third-order valence-electron chi connectivity index (χ3n) is 6.54. The standard InChI is InChI=1S/C25H32N4/c1-3-24(4-2,23(28)29)25(18-8-6-5-7-9-18,19-10-14-21(26)15-11-19)20-12-16-22(27)17-13-20/h5-17,23H,3-4,26-29H2,1-2H3. The zero-order valence-corrected chi connectivity index (χ0v) is 17.3. The molecule has 3 rings (SSSR count). The molecule has 0 bridgehead atoms. The molecule has 3 aromatic rings. The highest BCUT2D eigenvalue weighted by Gasteiger charge is 2.54. The van der Waals surface area contributed by atoms with Crippen molar-refractivity contribution in [3.05, 3.63) is 95.6 Å². The normalized spacial score (nSPS) is 12.3. The summed E-state index contributed by atoms with van der Waals surface area (Å²) in [7, 11) is 0. The van der Waals surface area contributed by atoms with Gasteiger partial charge in [-0.25, -0.2) is 0 Å². The topological polar surface area (TPSA) is 104 Å². The minimum atomic E-state index is -0.562. The molecule has 0 saturated carbocycles. The number of nitrogens with two attached hydrogens (primary N) is 4. The molecule has 0 saturated heterocycles. The molecular formula is C25H32N4. The Morgan fingerprint density at radius 2 is 1.00 bits per heavy atom. The summed E-state index contributed by atoms with van der Waals surface area (Å²) >= 11 is 0. The average Bonchev–Trinajstić information content (AvgIpc) is 2.74. The number of anilines is 2. The number of hydrogen-bond acceptors (Lipinski definition) is 4. The van der Waals surface area contributed by atoms with Gasteiger partial charge in [-0.1, -0.05) is 68.4 Å². The molecule has 0 unspecified atom stereocenters. The van der Waals surface area contributed by atoms with Crippen LogP contribution in [-0.2, 0) is 5.41 Å². The van der Waals surface area contributed by atoms with Gasteiger partial charge >= 0.3 is 0 Å². The van der Waals surface area contributed by atoms with Gasteiger partial charge in [0, 0.05) is 16.8 Å². The molecule has 0 spiro atoms. The molecule has 3 aromatic carbocycles. The first-order chi connectivity index (χ1) is 13.9. The van der Waals surface area contributed by atoms with Crippen LogP contribution in [0.2, 0.25) is 0 Å². The minimum Gasteiger partial charge on any atom is -0.399 e. The predicted molar refractivity (Wildman–Crippen MR) is 123 cm³/mol. The van der Waals surface area contributed by atoms with Gasteiger partial charge in [-0.15, -0.1) is 0 Å². The Kier molecular flexibility index (Phi) is 5.96. The summed E-state index contributed by atoms with van der Waals surface area (Å²) < 4.78 is 0. The fraction of sp³-hybridized carbons (Fsp3) is 0.280. The van der Waals surface area contributed by atoms with E-state index in [9.17, 15) is 0 Å². The van der Waals surface area contributed by atoms with E-state index in [2.05, 4.69) is 62.4 Å². The number of nitrogen functional groups attached to an aromatic ring is 2. The van der Waals surface area contributed by atoms with E-state index in [-0.39, 0.29) is 0 Å². The fourth-order valence-electron chi connectivity index (χ4n) is 5.02. The van der Waals surface area contributed by atoms with Crippen molar-refractivity contribution in [1.82, 2.24) is 0 Å². The molecule has 0 aliphatic carbocycles. The first-order valence-corrected chi connectivity index (χ1v) is 10.2. The number of benzene rings is 3. The molecule has 0 aliphatic rings. The summed E-state index contributed by atoms with van der Waals surface area (Å²) in [6, 6.07) is 26.7. The third-order valence-corrected chi connectivity index (χ3v) is 6.54. The van der Waals surface area contributed by atoms with Crippen LogP contribution >= 0.6 is 0 Å². The molecular weight excluding hydrogens is 356 g/mol. The highest BCUT2D eigenvalue weighted by Crippen LogP contribution is 2.56. The Morgan fingerprint density at radius 3 is 1.34 bits per heavy atom. The van der Waals surface area contributed by atoms with Gasteiger partial charge in [0.05, 0.1) is 11.6 Å². The maximum atomic E-state index is 6.58. The quantitative estimate of drug-likeness (QED) is 0.276. The Labute approximate surface area is 173 Å². The van der Waals surface area contributed by atoms with Gasteiger partial charge in [-0.05, 0) is 53.8 Å². The molecule has 0 aliphatic heterocycles. The molecule has 8 N–H and O–H groups in total. The van der Waals surface area contributed by atoms with Crippen LogP contribution in [-0.4, -0.2) is 6.17 Å². The predicted octanol–water partition coefficient (Wildman–Crippen LogP) is 4.24. The molecule has 0 radical (unpaired) electrons. The molecule has 4 heteroatoms. The van der Waals surface area contributed by atoms with Crippen molar-refractivity contribution in [2.24, 2.45) is 16.9 Å². The molecule has 152 valence electrons. The zero-order valence-electron chi connectivity index (χ0n) is 17.3. The Bertz CT molecular complexity index is 866. The van der Waals surface area contributed by atoms with Crippen LogP contribution < -0.4 is 22.9 Å². The Balaban J connectivity index is 2.51. The highest BCUT2D eigenvalue weighted by atomic mass is 14.9. The van der Waals surface area contributed by atoms with Crippen molar-refractivity contribution >= 4 is 11.4 Å². The van der Waals surface area contributed by atoms with Crippen LogP contribution in [0.5, 0.6) is 0 Å². The lowest BCUT2D eigenvalue weighted by Crippen LogP contribution is -2.60. The minimum absolute atomic E-state index is 0.430. The second-order valence-electron chi connectivity index (χ2n) is 7.75. The van der Waals surface area contributed by atoms with Crippen LogP contribution in [0.3, 0.4) is 0 Å². The molecule has 0 atom stereocenters. The molecule has 0 heterocycles. The third kappa shape index (κ3) is 3.28. The SMILES string of the molecule is CCC(CC)(C(N)N)C(c1ccccc1)(c1ccc(N)cc1)c1ccc(N)cc1. The van der Waals surface area contributed by atoms with Crippen molar-refractivity contribution in [2.45, 2.75) is 38.3 Å². The zero-order chi connectivity index (χ0) is 21.1. The summed E-state index contributed by atoms with van der Waals surface area (Å²) in [6.07, 6.45) is 1.09. The molecule has 4 nitrogen and oxygen atoms in total. The summed E-state index contributed by atoms with van der Waals surface area (Å²) in [5.74, 6) is 0. The van der Waals surface area contributed by atoms with E-state index in [1.807, 2.05) is 30.3 Å². The highest BCUT2D eigenvalue weighted by molar-refractivity contribution is 5.57. The second kappa shape index (κ2) is 8.27. The first kappa shape index (κ1) is 20.9. The van der Waals surface area contributed by atoms with Crippen molar-refractivity contribution in [2.75, 3.05) is 11.5 Å². The van der Waals surface area contributed by atoms with Crippen LogP contribution in [0.4, 0.5) is 11.4 Å². The van der Waals surface area contributed by atoms with Gasteiger partial charge < -0.3 is 22.9 Å². The van der Waals surface area contributed by atoms with Crippen LogP contribution in [0, 0.1) is 5.41 Å². The van der Waals surface area contributed by atoms with E-state index in [0.29, 0.717) is 0 Å². The summed E-state index contributed by atoms with van der Waals surface area (Å²) in [5.41, 5.74) is 29.1. The van der Waals surface area contributed by atoms with Gasteiger partial charge in [0.15, 0.2) is 0 Å². The summed E-state index contributed by atoms with van der Waals surface area (Å²) in [5, 5.41) is 0. The van der Waals surface area contributed by atoms with Gasteiger partial charge in [0.2, 0.25) is 0 Å².